The van der Waals surface area contributed by atoms with Crippen LogP contribution >= 0.6 is 11.6 Å². The fourth-order valence-corrected chi connectivity index (χ4v) is 2.25. The Morgan fingerprint density at radius 3 is 2.19 bits per heavy atom. The van der Waals surface area contributed by atoms with Crippen LogP contribution in [0.25, 0.3) is 0 Å². The van der Waals surface area contributed by atoms with E-state index >= 15 is 0 Å². The number of hydrogen-bond acceptors (Lipinski definition) is 4. The zero-order chi connectivity index (χ0) is 18.7. The Morgan fingerprint density at radius 2 is 1.54 bits per heavy atom. The van der Waals surface area contributed by atoms with Crippen LogP contribution in [0.3, 0.4) is 0 Å². The van der Waals surface area contributed by atoms with Crippen LogP contribution in [-0.4, -0.2) is 15.9 Å². The van der Waals surface area contributed by atoms with Gasteiger partial charge in [0.05, 0.1) is 6.20 Å². The molecule has 9 heteroatoms. The Labute approximate surface area is 150 Å². The van der Waals surface area contributed by atoms with E-state index in [9.17, 15) is 18.0 Å². The second-order valence-corrected chi connectivity index (χ2v) is 5.43. The van der Waals surface area contributed by atoms with Crippen molar-refractivity contribution in [2.24, 2.45) is 0 Å². The molecule has 0 saturated carbocycles. The number of anilines is 3. The summed E-state index contributed by atoms with van der Waals surface area (Å²) in [4.78, 5) is 19.2. The Morgan fingerprint density at radius 1 is 0.923 bits per heavy atom. The highest BCUT2D eigenvalue weighted by atomic mass is 35.5. The topological polar surface area (TPSA) is 66.9 Å². The van der Waals surface area contributed by atoms with Crippen LogP contribution in [-0.2, 0) is 0 Å². The third kappa shape index (κ3) is 3.92. The molecule has 1 amide bonds. The van der Waals surface area contributed by atoms with Crippen molar-refractivity contribution in [3.63, 3.8) is 0 Å². The molecule has 0 fully saturated rings. The molecule has 3 aromatic rings. The SMILES string of the molecule is O=C(Nc1ccc(Nc2nc(Cl)ncc2F)cc1)c1c(F)cccc1F. The number of nitrogens with zero attached hydrogens (tertiary/aromatic N) is 2. The van der Waals surface area contributed by atoms with E-state index in [2.05, 4.69) is 20.6 Å². The van der Waals surface area contributed by atoms with Gasteiger partial charge in [-0.1, -0.05) is 6.07 Å². The third-order valence-electron chi connectivity index (χ3n) is 3.31. The molecule has 0 aliphatic rings. The standard InChI is InChI=1S/C17H10ClF3N4O/c18-17-22-8-13(21)15(25-17)23-9-4-6-10(7-5-9)24-16(26)14-11(19)2-1-3-12(14)20/h1-8H,(H,24,26)(H,22,23,25). The van der Waals surface area contributed by atoms with Gasteiger partial charge in [-0.2, -0.15) is 4.98 Å². The van der Waals surface area contributed by atoms with Gasteiger partial charge in [0.15, 0.2) is 11.6 Å². The second kappa shape index (κ2) is 7.40. The largest absolute Gasteiger partial charge is 0.338 e. The molecule has 2 aromatic carbocycles. The summed E-state index contributed by atoms with van der Waals surface area (Å²) in [6.07, 6.45) is 0.926. The summed E-state index contributed by atoms with van der Waals surface area (Å²) < 4.78 is 40.8. The van der Waals surface area contributed by atoms with Crippen molar-refractivity contribution in [3.8, 4) is 0 Å². The number of hydrogen-bond donors (Lipinski definition) is 2. The highest BCUT2D eigenvalue weighted by Crippen LogP contribution is 2.21. The Bertz CT molecular complexity index is 946. The van der Waals surface area contributed by atoms with Gasteiger partial charge in [-0.05, 0) is 48.0 Å². The van der Waals surface area contributed by atoms with E-state index in [0.717, 1.165) is 18.3 Å². The minimum Gasteiger partial charge on any atom is -0.338 e. The van der Waals surface area contributed by atoms with Crippen molar-refractivity contribution in [1.82, 2.24) is 9.97 Å². The van der Waals surface area contributed by atoms with Gasteiger partial charge in [0.25, 0.3) is 5.91 Å². The predicted molar refractivity (Wildman–Crippen MR) is 91.0 cm³/mol. The molecule has 2 N–H and O–H groups in total. The first-order valence-electron chi connectivity index (χ1n) is 7.24. The van der Waals surface area contributed by atoms with Gasteiger partial charge in [-0.3, -0.25) is 4.79 Å². The first-order chi connectivity index (χ1) is 12.4. The second-order valence-electron chi connectivity index (χ2n) is 5.09. The van der Waals surface area contributed by atoms with Crippen molar-refractivity contribution in [1.29, 1.82) is 0 Å². The molecule has 5 nitrogen and oxygen atoms in total. The van der Waals surface area contributed by atoms with Crippen molar-refractivity contribution < 1.29 is 18.0 Å². The van der Waals surface area contributed by atoms with Gasteiger partial charge in [-0.15, -0.1) is 0 Å². The summed E-state index contributed by atoms with van der Waals surface area (Å²) in [6.45, 7) is 0. The summed E-state index contributed by atoms with van der Waals surface area (Å²) in [5.74, 6) is -3.65. The third-order valence-corrected chi connectivity index (χ3v) is 3.49. The monoisotopic (exact) mass is 378 g/mol. The molecule has 3 rings (SSSR count). The lowest BCUT2D eigenvalue weighted by molar-refractivity contribution is 0.101. The predicted octanol–water partition coefficient (Wildman–Crippen LogP) is 4.54. The minimum atomic E-state index is -0.961. The van der Waals surface area contributed by atoms with Crippen LogP contribution in [0.4, 0.5) is 30.4 Å². The van der Waals surface area contributed by atoms with Gasteiger partial charge >= 0.3 is 0 Å². The molecule has 0 unspecified atom stereocenters. The number of carbonyl (C=O) groups is 1. The Balaban J connectivity index is 1.74. The number of amides is 1. The maximum atomic E-state index is 13.6. The summed E-state index contributed by atoms with van der Waals surface area (Å²) in [5.41, 5.74) is 0.0746. The van der Waals surface area contributed by atoms with Crippen molar-refractivity contribution >= 4 is 34.7 Å². The normalized spacial score (nSPS) is 10.5. The van der Waals surface area contributed by atoms with E-state index < -0.39 is 28.9 Å². The molecule has 0 bridgehead atoms. The lowest BCUT2D eigenvalue weighted by Crippen LogP contribution is -2.15. The van der Waals surface area contributed by atoms with Crippen molar-refractivity contribution in [2.75, 3.05) is 10.6 Å². The molecule has 1 heterocycles. The maximum absolute atomic E-state index is 13.6. The van der Waals surface area contributed by atoms with Crippen LogP contribution in [0.1, 0.15) is 10.4 Å². The average Bonchev–Trinajstić information content (AvgIpc) is 2.60. The van der Waals surface area contributed by atoms with Crippen LogP contribution < -0.4 is 10.6 Å². The molecule has 0 radical (unpaired) electrons. The summed E-state index contributed by atoms with van der Waals surface area (Å²) >= 11 is 5.61. The fourth-order valence-electron chi connectivity index (χ4n) is 2.12. The van der Waals surface area contributed by atoms with Gasteiger partial charge in [0, 0.05) is 11.4 Å². The number of nitrogens with one attached hydrogen (secondary N) is 2. The van der Waals surface area contributed by atoms with Crippen LogP contribution in [0.15, 0.2) is 48.7 Å². The number of halogens is 4. The smallest absolute Gasteiger partial charge is 0.261 e. The van der Waals surface area contributed by atoms with Gasteiger partial charge in [0.2, 0.25) is 5.28 Å². The minimum absolute atomic E-state index is 0.116. The first-order valence-corrected chi connectivity index (χ1v) is 7.62. The van der Waals surface area contributed by atoms with Crippen LogP contribution in [0.5, 0.6) is 0 Å². The number of benzene rings is 2. The zero-order valence-electron chi connectivity index (χ0n) is 12.9. The molecular formula is C17H10ClF3N4O. The Hall–Kier alpha value is -3.13. The van der Waals surface area contributed by atoms with Gasteiger partial charge < -0.3 is 10.6 Å². The first kappa shape index (κ1) is 17.7. The maximum Gasteiger partial charge on any atom is 0.261 e. The quantitative estimate of drug-likeness (QED) is 0.654. The van der Waals surface area contributed by atoms with E-state index in [4.69, 9.17) is 11.6 Å². The fraction of sp³-hybridized carbons (Fsp3) is 0. The summed E-state index contributed by atoms with van der Waals surface area (Å²) in [6, 6.07) is 9.13. The highest BCUT2D eigenvalue weighted by molar-refractivity contribution is 6.28. The Kier molecular flexibility index (Phi) is 5.04. The molecule has 0 aliphatic heterocycles. The highest BCUT2D eigenvalue weighted by Gasteiger charge is 2.17. The lowest BCUT2D eigenvalue weighted by Gasteiger charge is -2.09. The molecule has 0 atom stereocenters. The molecule has 0 aliphatic carbocycles. The van der Waals surface area contributed by atoms with Gasteiger partial charge in [0.1, 0.15) is 17.2 Å². The zero-order valence-corrected chi connectivity index (χ0v) is 13.7. The van der Waals surface area contributed by atoms with Crippen LogP contribution in [0.2, 0.25) is 5.28 Å². The van der Waals surface area contributed by atoms with Crippen molar-refractivity contribution in [2.45, 2.75) is 0 Å². The molecule has 1 aromatic heterocycles. The van der Waals surface area contributed by atoms with E-state index in [1.807, 2.05) is 0 Å². The van der Waals surface area contributed by atoms with Gasteiger partial charge in [-0.25, -0.2) is 18.2 Å². The van der Waals surface area contributed by atoms with E-state index in [1.165, 1.54) is 30.3 Å². The average molecular weight is 379 g/mol. The van der Waals surface area contributed by atoms with E-state index in [1.54, 1.807) is 0 Å². The number of carbonyl (C=O) groups excluding carboxylic acids is 1. The summed E-state index contributed by atoms with van der Waals surface area (Å²) in [7, 11) is 0. The van der Waals surface area contributed by atoms with Crippen LogP contribution in [0, 0.1) is 17.5 Å². The van der Waals surface area contributed by atoms with E-state index in [0.29, 0.717) is 11.4 Å². The molecule has 132 valence electrons. The number of rotatable bonds is 4. The molecule has 0 saturated heterocycles. The van der Waals surface area contributed by atoms with E-state index in [-0.39, 0.29) is 11.1 Å². The van der Waals surface area contributed by atoms with Crippen molar-refractivity contribution in [3.05, 3.63) is 77.0 Å². The number of aromatic nitrogens is 2. The lowest BCUT2D eigenvalue weighted by atomic mass is 10.1. The molecule has 26 heavy (non-hydrogen) atoms. The molecule has 0 spiro atoms. The molecular weight excluding hydrogens is 369 g/mol. The summed E-state index contributed by atoms with van der Waals surface area (Å²) in [5, 5.41) is 4.96.